The molecule has 0 aliphatic carbocycles. The molecular weight excluding hydrogens is 583 g/mol. The highest BCUT2D eigenvalue weighted by molar-refractivity contribution is 6.11. The van der Waals surface area contributed by atoms with Crippen LogP contribution in [0.1, 0.15) is 24.8 Å². The molecule has 0 atom stereocenters. The summed E-state index contributed by atoms with van der Waals surface area (Å²) < 4.78 is 132. The quantitative estimate of drug-likeness (QED) is 0.201. The Bertz CT molecular complexity index is 1740. The summed E-state index contributed by atoms with van der Waals surface area (Å²) in [5.41, 5.74) is -2.10. The van der Waals surface area contributed by atoms with E-state index in [1.54, 1.807) is 0 Å². The first-order chi connectivity index (χ1) is 20.8. The minimum atomic E-state index is -4.97. The lowest BCUT2D eigenvalue weighted by Crippen LogP contribution is -2.21. The Morgan fingerprint density at radius 1 is 1.00 bits per heavy atom. The van der Waals surface area contributed by atoms with Crippen molar-refractivity contribution in [1.29, 1.82) is 0 Å². The van der Waals surface area contributed by atoms with Crippen molar-refractivity contribution in [3.05, 3.63) is 59.5 Å². The SMILES string of the molecule is [2H]C([2H])([2H])Oc1ncc(-c2cc3c(C(=O)NC)c(-c4ccc(F)cc4)oc3nc2OCC(F)(F)F)cc1C(=O)OCC(F)(F)F. The molecule has 3 aromatic heterocycles. The minimum absolute atomic E-state index is 0.118. The first kappa shape index (κ1) is 26.0. The molecule has 0 saturated carbocycles. The number of rotatable bonds is 8. The number of hydrogen-bond donors (Lipinski definition) is 1. The summed E-state index contributed by atoms with van der Waals surface area (Å²) in [6.07, 6.45) is -9.05. The summed E-state index contributed by atoms with van der Waals surface area (Å²) in [5.74, 6) is -5.05. The van der Waals surface area contributed by atoms with Crippen LogP contribution < -0.4 is 14.8 Å². The Kier molecular flexibility index (Phi) is 7.15. The topological polar surface area (TPSA) is 113 Å². The zero-order chi connectivity index (χ0) is 33.3. The third kappa shape index (κ3) is 6.70. The smallest absolute Gasteiger partial charge is 0.422 e. The van der Waals surface area contributed by atoms with Crippen LogP contribution in [0.15, 0.2) is 47.0 Å². The lowest BCUT2D eigenvalue weighted by atomic mass is 10.0. The number of esters is 1. The monoisotopic (exact) mass is 604 g/mol. The molecule has 0 aliphatic rings. The highest BCUT2D eigenvalue weighted by atomic mass is 19.4. The molecule has 0 unspecified atom stereocenters. The van der Waals surface area contributed by atoms with Gasteiger partial charge in [-0.25, -0.2) is 14.2 Å². The normalized spacial score (nSPS) is 13.2. The van der Waals surface area contributed by atoms with E-state index >= 15 is 0 Å². The molecular formula is C26H18F7N3O6. The van der Waals surface area contributed by atoms with E-state index in [4.69, 9.17) is 13.3 Å². The molecule has 0 radical (unpaired) electrons. The number of nitrogens with zero attached hydrogens (tertiary/aromatic N) is 2. The largest absolute Gasteiger partial charge is 0.480 e. The standard InChI is InChI=1S/C26H18F7N3O6/c1-34-20(37)18-16-8-15(13-7-17(21(39-2)35-9-13)24(38)41-11-26(31,32)33)22(40-10-25(28,29)30)36-23(16)42-19(18)12-3-5-14(27)6-4-12/h3-9H,10-11H2,1-2H3,(H,34,37)/i2D3. The third-order valence-electron chi connectivity index (χ3n) is 5.43. The molecule has 9 nitrogen and oxygen atoms in total. The van der Waals surface area contributed by atoms with Crippen LogP contribution in [0.3, 0.4) is 0 Å². The highest BCUT2D eigenvalue weighted by Crippen LogP contribution is 2.40. The van der Waals surface area contributed by atoms with Gasteiger partial charge >= 0.3 is 18.3 Å². The molecule has 3 heterocycles. The maximum absolute atomic E-state index is 13.6. The van der Waals surface area contributed by atoms with Gasteiger partial charge in [-0.2, -0.15) is 31.3 Å². The van der Waals surface area contributed by atoms with Crippen LogP contribution in [-0.2, 0) is 4.74 Å². The number of pyridine rings is 2. The number of fused-ring (bicyclic) bond motifs is 1. The fraction of sp³-hybridized carbons (Fsp3) is 0.231. The molecule has 1 amide bonds. The average Bonchev–Trinajstić information content (AvgIpc) is 3.31. The number of hydrogen-bond acceptors (Lipinski definition) is 8. The number of aromatic nitrogens is 2. The molecule has 4 rings (SSSR count). The van der Waals surface area contributed by atoms with Crippen molar-refractivity contribution in [3.63, 3.8) is 0 Å². The number of alkyl halides is 6. The molecule has 222 valence electrons. The molecule has 0 bridgehead atoms. The van der Waals surface area contributed by atoms with E-state index in [0.717, 1.165) is 30.5 Å². The van der Waals surface area contributed by atoms with E-state index in [-0.39, 0.29) is 33.4 Å². The number of carbonyl (C=O) groups excluding carboxylic acids is 2. The van der Waals surface area contributed by atoms with E-state index in [0.29, 0.717) is 0 Å². The lowest BCUT2D eigenvalue weighted by Gasteiger charge is -2.14. The Hall–Kier alpha value is -4.89. The summed E-state index contributed by atoms with van der Waals surface area (Å²) in [5, 5.41) is 2.24. The van der Waals surface area contributed by atoms with Crippen LogP contribution in [0, 0.1) is 5.82 Å². The van der Waals surface area contributed by atoms with E-state index < -0.39 is 73.3 Å². The van der Waals surface area contributed by atoms with Crippen molar-refractivity contribution >= 4 is 23.0 Å². The first-order valence-electron chi connectivity index (χ1n) is 12.9. The number of benzene rings is 1. The number of carbonyl (C=O) groups is 2. The molecule has 0 spiro atoms. The van der Waals surface area contributed by atoms with Gasteiger partial charge in [0.25, 0.3) is 5.91 Å². The van der Waals surface area contributed by atoms with Gasteiger partial charge in [0.15, 0.2) is 13.2 Å². The van der Waals surface area contributed by atoms with Crippen molar-refractivity contribution < 1.29 is 63.1 Å². The summed E-state index contributed by atoms with van der Waals surface area (Å²) >= 11 is 0. The first-order valence-corrected chi connectivity index (χ1v) is 11.4. The van der Waals surface area contributed by atoms with Gasteiger partial charge < -0.3 is 23.9 Å². The van der Waals surface area contributed by atoms with Gasteiger partial charge in [0, 0.05) is 29.9 Å². The summed E-state index contributed by atoms with van der Waals surface area (Å²) in [6, 6.07) is 6.43. The van der Waals surface area contributed by atoms with Gasteiger partial charge in [0.2, 0.25) is 17.5 Å². The predicted molar refractivity (Wildman–Crippen MR) is 130 cm³/mol. The fourth-order valence-corrected chi connectivity index (χ4v) is 3.68. The Morgan fingerprint density at radius 2 is 1.69 bits per heavy atom. The maximum atomic E-state index is 13.6. The van der Waals surface area contributed by atoms with E-state index in [9.17, 15) is 40.3 Å². The van der Waals surface area contributed by atoms with Crippen LogP contribution in [0.5, 0.6) is 11.8 Å². The van der Waals surface area contributed by atoms with Crippen LogP contribution in [-0.4, -0.2) is 61.5 Å². The molecule has 42 heavy (non-hydrogen) atoms. The van der Waals surface area contributed by atoms with Crippen molar-refractivity contribution in [2.24, 2.45) is 0 Å². The number of halogens is 7. The van der Waals surface area contributed by atoms with E-state index in [2.05, 4.69) is 24.8 Å². The summed E-state index contributed by atoms with van der Waals surface area (Å²) in [6.45, 7) is -3.96. The van der Waals surface area contributed by atoms with E-state index in [1.165, 1.54) is 19.2 Å². The lowest BCUT2D eigenvalue weighted by molar-refractivity contribution is -0.161. The Morgan fingerprint density at radius 3 is 2.31 bits per heavy atom. The van der Waals surface area contributed by atoms with E-state index in [1.807, 2.05) is 0 Å². The van der Waals surface area contributed by atoms with Gasteiger partial charge in [-0.15, -0.1) is 0 Å². The van der Waals surface area contributed by atoms with Gasteiger partial charge in [0.05, 0.1) is 22.1 Å². The zero-order valence-electron chi connectivity index (χ0n) is 23.9. The zero-order valence-corrected chi connectivity index (χ0v) is 20.9. The Labute approximate surface area is 235 Å². The minimum Gasteiger partial charge on any atom is -0.480 e. The van der Waals surface area contributed by atoms with Crippen LogP contribution in [0.4, 0.5) is 30.7 Å². The number of furan rings is 1. The second-order valence-electron chi connectivity index (χ2n) is 8.36. The van der Waals surface area contributed by atoms with Crippen molar-refractivity contribution in [3.8, 4) is 34.2 Å². The fourth-order valence-electron chi connectivity index (χ4n) is 3.68. The molecule has 1 N–H and O–H groups in total. The molecule has 16 heteroatoms. The maximum Gasteiger partial charge on any atom is 0.422 e. The third-order valence-corrected chi connectivity index (χ3v) is 5.43. The number of ether oxygens (including phenoxy) is 3. The number of methoxy groups -OCH3 is 1. The molecule has 0 fully saturated rings. The van der Waals surface area contributed by atoms with Crippen molar-refractivity contribution in [2.75, 3.05) is 27.3 Å². The van der Waals surface area contributed by atoms with Crippen LogP contribution in [0.25, 0.3) is 33.6 Å². The summed E-state index contributed by atoms with van der Waals surface area (Å²) in [4.78, 5) is 33.1. The van der Waals surface area contributed by atoms with Gasteiger partial charge in [-0.05, 0) is 36.4 Å². The van der Waals surface area contributed by atoms with Gasteiger partial charge in [-0.1, -0.05) is 0 Å². The van der Waals surface area contributed by atoms with Gasteiger partial charge in [-0.3, -0.25) is 4.79 Å². The highest BCUT2D eigenvalue weighted by Gasteiger charge is 2.32. The van der Waals surface area contributed by atoms with Gasteiger partial charge in [0.1, 0.15) is 17.1 Å². The number of nitrogens with one attached hydrogen (secondary N) is 1. The molecule has 0 saturated heterocycles. The molecule has 1 aromatic carbocycles. The number of amides is 1. The van der Waals surface area contributed by atoms with Crippen molar-refractivity contribution in [1.82, 2.24) is 15.3 Å². The van der Waals surface area contributed by atoms with Crippen LogP contribution >= 0.6 is 0 Å². The predicted octanol–water partition coefficient (Wildman–Crippen LogP) is 5.72. The Balaban J connectivity index is 1.96. The second-order valence-corrected chi connectivity index (χ2v) is 8.36. The second kappa shape index (κ2) is 11.5. The van der Waals surface area contributed by atoms with Crippen molar-refractivity contribution in [2.45, 2.75) is 12.4 Å². The van der Waals surface area contributed by atoms with Crippen LogP contribution in [0.2, 0.25) is 0 Å². The molecule has 4 aromatic rings. The average molecular weight is 604 g/mol. The molecule has 0 aliphatic heterocycles. The summed E-state index contributed by atoms with van der Waals surface area (Å²) in [7, 11) is -1.97.